The van der Waals surface area contributed by atoms with Gasteiger partial charge in [-0.05, 0) is 30.0 Å². The number of rotatable bonds is 5. The van der Waals surface area contributed by atoms with Crippen molar-refractivity contribution in [2.45, 2.75) is 32.0 Å². The van der Waals surface area contributed by atoms with E-state index < -0.39 is 0 Å². The van der Waals surface area contributed by atoms with Crippen LogP contribution in [0.4, 0.5) is 0 Å². The second kappa shape index (κ2) is 9.46. The maximum absolute atomic E-state index is 4.32. The molecule has 0 bridgehead atoms. The highest BCUT2D eigenvalue weighted by molar-refractivity contribution is 14.0. The highest BCUT2D eigenvalue weighted by Crippen LogP contribution is 2.11. The molecule has 0 saturated carbocycles. The first kappa shape index (κ1) is 18.5. The minimum Gasteiger partial charge on any atom is -0.353 e. The third-order valence-corrected chi connectivity index (χ3v) is 4.03. The fourth-order valence-corrected chi connectivity index (χ4v) is 2.75. The second-order valence-electron chi connectivity index (χ2n) is 5.68. The molecule has 0 amide bonds. The minimum atomic E-state index is 0. The van der Waals surface area contributed by atoms with Crippen LogP contribution in [0.1, 0.15) is 24.0 Å². The summed E-state index contributed by atoms with van der Waals surface area (Å²) in [6, 6.07) is 10.8. The summed E-state index contributed by atoms with van der Waals surface area (Å²) in [4.78, 5) is 4.32. The predicted octanol–water partition coefficient (Wildman–Crippen LogP) is 2.93. The topological polar surface area (TPSA) is 54.2 Å². The number of halogens is 1. The molecular formula is C18H24IN5. The molecule has 1 aromatic heterocycles. The summed E-state index contributed by atoms with van der Waals surface area (Å²) in [6.45, 7) is 1.53. The van der Waals surface area contributed by atoms with Crippen molar-refractivity contribution in [3.05, 3.63) is 66.0 Å². The Balaban J connectivity index is 0.00000208. The molecule has 0 saturated heterocycles. The van der Waals surface area contributed by atoms with Crippen molar-refractivity contribution < 1.29 is 0 Å². The number of guanidine groups is 1. The van der Waals surface area contributed by atoms with Crippen molar-refractivity contribution in [3.63, 3.8) is 0 Å². The summed E-state index contributed by atoms with van der Waals surface area (Å²) in [7, 11) is 1.81. The van der Waals surface area contributed by atoms with Crippen molar-refractivity contribution in [2.24, 2.45) is 4.99 Å². The largest absolute Gasteiger partial charge is 0.353 e. The predicted molar refractivity (Wildman–Crippen MR) is 109 cm³/mol. The Morgan fingerprint density at radius 2 is 1.96 bits per heavy atom. The summed E-state index contributed by atoms with van der Waals surface area (Å²) in [5, 5.41) is 11.2. The summed E-state index contributed by atoms with van der Waals surface area (Å²) < 4.78 is 1.94. The average molecular weight is 437 g/mol. The van der Waals surface area contributed by atoms with E-state index in [2.05, 4.69) is 57.1 Å². The molecule has 1 heterocycles. The number of nitrogens with zero attached hydrogens (tertiary/aromatic N) is 3. The summed E-state index contributed by atoms with van der Waals surface area (Å²) >= 11 is 0. The number of nitrogens with one attached hydrogen (secondary N) is 2. The van der Waals surface area contributed by atoms with Crippen LogP contribution < -0.4 is 10.6 Å². The number of benzene rings is 1. The molecule has 0 fully saturated rings. The normalized spacial score (nSPS) is 14.5. The van der Waals surface area contributed by atoms with Gasteiger partial charge in [0, 0.05) is 32.0 Å². The van der Waals surface area contributed by atoms with Gasteiger partial charge in [0.25, 0.3) is 0 Å². The first-order valence-corrected chi connectivity index (χ1v) is 8.01. The van der Waals surface area contributed by atoms with E-state index in [1.807, 2.05) is 30.2 Å². The second-order valence-corrected chi connectivity index (χ2v) is 5.68. The highest BCUT2D eigenvalue weighted by Gasteiger charge is 2.12. The molecule has 2 aromatic rings. The zero-order chi connectivity index (χ0) is 15.9. The first-order chi connectivity index (χ1) is 11.3. The van der Waals surface area contributed by atoms with E-state index in [1.54, 1.807) is 0 Å². The Labute approximate surface area is 160 Å². The smallest absolute Gasteiger partial charge is 0.191 e. The zero-order valence-electron chi connectivity index (χ0n) is 13.9. The van der Waals surface area contributed by atoms with Crippen LogP contribution in [-0.4, -0.2) is 28.8 Å². The van der Waals surface area contributed by atoms with E-state index in [-0.39, 0.29) is 24.0 Å². The van der Waals surface area contributed by atoms with Crippen LogP contribution in [0.2, 0.25) is 0 Å². The molecule has 1 aliphatic carbocycles. The molecule has 2 N–H and O–H groups in total. The number of hydrogen-bond donors (Lipinski definition) is 2. The molecule has 1 aromatic carbocycles. The molecule has 128 valence electrons. The minimum absolute atomic E-state index is 0. The van der Waals surface area contributed by atoms with Gasteiger partial charge in [-0.2, -0.15) is 5.10 Å². The van der Waals surface area contributed by atoms with Crippen LogP contribution in [0.15, 0.2) is 59.9 Å². The molecule has 6 heteroatoms. The van der Waals surface area contributed by atoms with Gasteiger partial charge in [0.15, 0.2) is 5.96 Å². The van der Waals surface area contributed by atoms with Crippen molar-refractivity contribution in [2.75, 3.05) is 7.05 Å². The third kappa shape index (κ3) is 5.09. The van der Waals surface area contributed by atoms with Crippen LogP contribution >= 0.6 is 24.0 Å². The van der Waals surface area contributed by atoms with Crippen LogP contribution in [0.25, 0.3) is 0 Å². The third-order valence-electron chi connectivity index (χ3n) is 4.03. The van der Waals surface area contributed by atoms with Gasteiger partial charge in [-0.25, -0.2) is 0 Å². The molecule has 0 spiro atoms. The summed E-state index contributed by atoms with van der Waals surface area (Å²) in [6.07, 6.45) is 10.3. The molecule has 5 nitrogen and oxygen atoms in total. The lowest BCUT2D eigenvalue weighted by Crippen LogP contribution is -2.42. The average Bonchev–Trinajstić information content (AvgIpc) is 3.26. The Hall–Kier alpha value is -1.83. The van der Waals surface area contributed by atoms with Crippen LogP contribution in [0, 0.1) is 0 Å². The maximum Gasteiger partial charge on any atom is 0.191 e. The Morgan fingerprint density at radius 1 is 1.21 bits per heavy atom. The molecule has 0 unspecified atom stereocenters. The van der Waals surface area contributed by atoms with Crippen molar-refractivity contribution in [3.8, 4) is 0 Å². The van der Waals surface area contributed by atoms with Crippen molar-refractivity contribution in [1.82, 2.24) is 20.4 Å². The van der Waals surface area contributed by atoms with Crippen LogP contribution in [0.5, 0.6) is 0 Å². The Morgan fingerprint density at radius 3 is 2.62 bits per heavy atom. The van der Waals surface area contributed by atoms with Gasteiger partial charge in [-0.15, -0.1) is 24.0 Å². The lowest BCUT2D eigenvalue weighted by atomic mass is 10.1. The Bertz CT molecular complexity index is 670. The van der Waals surface area contributed by atoms with E-state index in [0.717, 1.165) is 31.9 Å². The summed E-state index contributed by atoms with van der Waals surface area (Å²) in [5.74, 6) is 0.854. The van der Waals surface area contributed by atoms with Crippen LogP contribution in [-0.2, 0) is 13.1 Å². The van der Waals surface area contributed by atoms with E-state index in [1.165, 1.54) is 11.1 Å². The van der Waals surface area contributed by atoms with Gasteiger partial charge in [-0.1, -0.05) is 36.4 Å². The first-order valence-electron chi connectivity index (χ1n) is 8.01. The molecule has 0 radical (unpaired) electrons. The number of hydrogen-bond acceptors (Lipinski definition) is 2. The Kier molecular flexibility index (Phi) is 7.30. The van der Waals surface area contributed by atoms with Gasteiger partial charge in [0.1, 0.15) is 0 Å². The molecule has 0 aliphatic heterocycles. The monoisotopic (exact) mass is 437 g/mol. The molecule has 24 heavy (non-hydrogen) atoms. The SMILES string of the molecule is CN=C(NCc1ccccc1Cn1cccn1)NC1CC=CC1.I. The lowest BCUT2D eigenvalue weighted by Gasteiger charge is -2.18. The van der Waals surface area contributed by atoms with E-state index in [0.29, 0.717) is 6.04 Å². The van der Waals surface area contributed by atoms with Gasteiger partial charge in [0.05, 0.1) is 6.54 Å². The van der Waals surface area contributed by atoms with Crippen molar-refractivity contribution >= 4 is 29.9 Å². The molecule has 1 aliphatic rings. The number of aliphatic imine (C=N–C) groups is 1. The van der Waals surface area contributed by atoms with Crippen molar-refractivity contribution in [1.29, 1.82) is 0 Å². The van der Waals surface area contributed by atoms with Gasteiger partial charge in [-0.3, -0.25) is 9.67 Å². The van der Waals surface area contributed by atoms with E-state index >= 15 is 0 Å². The fraction of sp³-hybridized carbons (Fsp3) is 0.333. The standard InChI is InChI=1S/C18H23N5.HI/c1-19-18(22-17-9-4-5-10-17)20-13-15-7-2-3-8-16(15)14-23-12-6-11-21-23;/h2-8,11-12,17H,9-10,13-14H2,1H3,(H2,19,20,22);1H. The highest BCUT2D eigenvalue weighted by atomic mass is 127. The molecule has 0 atom stereocenters. The lowest BCUT2D eigenvalue weighted by molar-refractivity contribution is 0.631. The van der Waals surface area contributed by atoms with Gasteiger partial charge >= 0.3 is 0 Å². The summed E-state index contributed by atoms with van der Waals surface area (Å²) in [5.41, 5.74) is 2.53. The molecular weight excluding hydrogens is 413 g/mol. The maximum atomic E-state index is 4.32. The fourth-order valence-electron chi connectivity index (χ4n) is 2.75. The number of aromatic nitrogens is 2. The van der Waals surface area contributed by atoms with Gasteiger partial charge < -0.3 is 10.6 Å². The zero-order valence-corrected chi connectivity index (χ0v) is 16.2. The van der Waals surface area contributed by atoms with E-state index in [4.69, 9.17) is 0 Å². The van der Waals surface area contributed by atoms with Gasteiger partial charge in [0.2, 0.25) is 0 Å². The molecule has 3 rings (SSSR count). The quantitative estimate of drug-likeness (QED) is 0.328. The van der Waals surface area contributed by atoms with Crippen LogP contribution in [0.3, 0.4) is 0 Å². The van der Waals surface area contributed by atoms with E-state index in [9.17, 15) is 0 Å².